The van der Waals surface area contributed by atoms with E-state index in [2.05, 4.69) is 16.8 Å². The maximum atomic E-state index is 5.89. The van der Waals surface area contributed by atoms with Crippen LogP contribution >= 0.6 is 11.6 Å². The summed E-state index contributed by atoms with van der Waals surface area (Å²) in [4.78, 5) is 2.01. The Bertz CT molecular complexity index is 794. The minimum atomic E-state index is 0.479. The number of aromatic nitrogens is 2. The molecule has 3 rings (SSSR count). The molecule has 2 aromatic carbocycles. The largest absolute Gasteiger partial charge is 0.416 e. The van der Waals surface area contributed by atoms with Gasteiger partial charge in [0.1, 0.15) is 0 Å². The van der Waals surface area contributed by atoms with E-state index in [1.165, 1.54) is 5.56 Å². The van der Waals surface area contributed by atoms with Crippen LogP contribution in [0.2, 0.25) is 5.02 Å². The SMILES string of the molecule is C=CN(C)Cc1ccc(-c2nnc(-c3ccc(Cl)cc3)o2)cc1. The third-order valence-electron chi connectivity index (χ3n) is 3.46. The zero-order valence-electron chi connectivity index (χ0n) is 12.7. The highest BCUT2D eigenvalue weighted by Crippen LogP contribution is 2.25. The Hall–Kier alpha value is -2.59. The van der Waals surface area contributed by atoms with Crippen molar-refractivity contribution >= 4 is 11.6 Å². The Balaban J connectivity index is 1.80. The molecule has 4 nitrogen and oxygen atoms in total. The average molecular weight is 326 g/mol. The summed E-state index contributed by atoms with van der Waals surface area (Å²) in [5, 5.41) is 8.89. The summed E-state index contributed by atoms with van der Waals surface area (Å²) in [6, 6.07) is 15.3. The van der Waals surface area contributed by atoms with Crippen LogP contribution in [-0.4, -0.2) is 22.1 Å². The van der Waals surface area contributed by atoms with Gasteiger partial charge < -0.3 is 9.32 Å². The van der Waals surface area contributed by atoms with Crippen molar-refractivity contribution < 1.29 is 4.42 Å². The van der Waals surface area contributed by atoms with Crippen molar-refractivity contribution in [2.45, 2.75) is 6.54 Å². The van der Waals surface area contributed by atoms with Crippen molar-refractivity contribution in [1.82, 2.24) is 15.1 Å². The summed E-state index contributed by atoms with van der Waals surface area (Å²) in [5.41, 5.74) is 2.92. The quantitative estimate of drug-likeness (QED) is 0.685. The average Bonchev–Trinajstić information content (AvgIpc) is 3.06. The van der Waals surface area contributed by atoms with Crippen molar-refractivity contribution in [3.05, 3.63) is 71.9 Å². The molecule has 0 aliphatic carbocycles. The first kappa shape index (κ1) is 15.3. The molecule has 0 aliphatic heterocycles. The number of hydrogen-bond donors (Lipinski definition) is 0. The van der Waals surface area contributed by atoms with E-state index in [4.69, 9.17) is 16.0 Å². The predicted molar refractivity (Wildman–Crippen MR) is 91.8 cm³/mol. The van der Waals surface area contributed by atoms with Crippen LogP contribution in [-0.2, 0) is 6.54 Å². The lowest BCUT2D eigenvalue weighted by molar-refractivity contribution is 0.452. The number of benzene rings is 2. The molecule has 1 heterocycles. The molecule has 0 unspecified atom stereocenters. The van der Waals surface area contributed by atoms with Gasteiger partial charge in [-0.25, -0.2) is 0 Å². The first-order valence-electron chi connectivity index (χ1n) is 7.17. The second kappa shape index (κ2) is 6.67. The molecule has 5 heteroatoms. The van der Waals surface area contributed by atoms with E-state index < -0.39 is 0 Å². The molecule has 0 saturated carbocycles. The molecule has 0 aliphatic rings. The highest BCUT2D eigenvalue weighted by atomic mass is 35.5. The lowest BCUT2D eigenvalue weighted by Gasteiger charge is -2.12. The third kappa shape index (κ3) is 3.60. The van der Waals surface area contributed by atoms with Crippen LogP contribution in [0.5, 0.6) is 0 Å². The van der Waals surface area contributed by atoms with Crippen molar-refractivity contribution in [2.75, 3.05) is 7.05 Å². The molecule has 0 atom stereocenters. The van der Waals surface area contributed by atoms with E-state index in [0.29, 0.717) is 16.8 Å². The van der Waals surface area contributed by atoms with E-state index in [1.807, 2.05) is 48.3 Å². The van der Waals surface area contributed by atoms with E-state index in [0.717, 1.165) is 17.7 Å². The van der Waals surface area contributed by atoms with Crippen molar-refractivity contribution in [2.24, 2.45) is 0 Å². The van der Waals surface area contributed by atoms with Gasteiger partial charge in [0.15, 0.2) is 0 Å². The molecule has 0 saturated heterocycles. The zero-order valence-corrected chi connectivity index (χ0v) is 13.5. The van der Waals surface area contributed by atoms with Gasteiger partial charge >= 0.3 is 0 Å². The van der Waals surface area contributed by atoms with Crippen LogP contribution in [0.1, 0.15) is 5.56 Å². The molecular formula is C18H16ClN3O. The molecule has 0 radical (unpaired) electrons. The summed E-state index contributed by atoms with van der Waals surface area (Å²) in [5.74, 6) is 0.978. The molecule has 0 N–H and O–H groups in total. The molecule has 0 fully saturated rings. The van der Waals surface area contributed by atoms with Crippen LogP contribution in [0.25, 0.3) is 22.9 Å². The summed E-state index contributed by atoms with van der Waals surface area (Å²) in [6.45, 7) is 4.55. The van der Waals surface area contributed by atoms with Crippen molar-refractivity contribution in [1.29, 1.82) is 0 Å². The summed E-state index contributed by atoms with van der Waals surface area (Å²) in [6.07, 6.45) is 1.80. The van der Waals surface area contributed by atoms with E-state index in [1.54, 1.807) is 18.3 Å². The Kier molecular flexibility index (Phi) is 4.44. The molecule has 0 amide bonds. The van der Waals surface area contributed by atoms with Crippen LogP contribution in [0.3, 0.4) is 0 Å². The fourth-order valence-corrected chi connectivity index (χ4v) is 2.28. The lowest BCUT2D eigenvalue weighted by Crippen LogP contribution is -2.08. The van der Waals surface area contributed by atoms with Crippen LogP contribution < -0.4 is 0 Å². The predicted octanol–water partition coefficient (Wildman–Crippen LogP) is 4.63. The van der Waals surface area contributed by atoms with Gasteiger partial charge in [-0.15, -0.1) is 10.2 Å². The first-order valence-corrected chi connectivity index (χ1v) is 7.55. The van der Waals surface area contributed by atoms with E-state index >= 15 is 0 Å². The summed E-state index contributed by atoms with van der Waals surface area (Å²) < 4.78 is 5.75. The monoisotopic (exact) mass is 325 g/mol. The van der Waals surface area contributed by atoms with Crippen LogP contribution in [0, 0.1) is 0 Å². The maximum absolute atomic E-state index is 5.89. The number of nitrogens with zero attached hydrogens (tertiary/aromatic N) is 3. The van der Waals surface area contributed by atoms with Gasteiger partial charge in [-0.05, 0) is 48.2 Å². The normalized spacial score (nSPS) is 10.5. The fourth-order valence-electron chi connectivity index (χ4n) is 2.15. The molecule has 1 aromatic heterocycles. The zero-order chi connectivity index (χ0) is 16.2. The van der Waals surface area contributed by atoms with E-state index in [-0.39, 0.29) is 0 Å². The minimum Gasteiger partial charge on any atom is -0.416 e. The summed E-state index contributed by atoms with van der Waals surface area (Å²) in [7, 11) is 1.98. The first-order chi connectivity index (χ1) is 11.2. The van der Waals surface area contributed by atoms with Gasteiger partial charge in [-0.1, -0.05) is 30.3 Å². The molecule has 23 heavy (non-hydrogen) atoms. The smallest absolute Gasteiger partial charge is 0.248 e. The fraction of sp³-hybridized carbons (Fsp3) is 0.111. The van der Waals surface area contributed by atoms with E-state index in [9.17, 15) is 0 Å². The number of halogens is 1. The van der Waals surface area contributed by atoms with Crippen molar-refractivity contribution in [3.63, 3.8) is 0 Å². The molecule has 0 spiro atoms. The Labute approximate surface area is 140 Å². The third-order valence-corrected chi connectivity index (χ3v) is 3.71. The summed E-state index contributed by atoms with van der Waals surface area (Å²) >= 11 is 5.89. The van der Waals surface area contributed by atoms with Crippen LogP contribution in [0.4, 0.5) is 0 Å². The van der Waals surface area contributed by atoms with Crippen molar-refractivity contribution in [3.8, 4) is 22.9 Å². The maximum Gasteiger partial charge on any atom is 0.248 e. The number of hydrogen-bond acceptors (Lipinski definition) is 4. The Morgan fingerprint density at radius 1 is 1.00 bits per heavy atom. The van der Waals surface area contributed by atoms with Gasteiger partial charge in [0.2, 0.25) is 11.8 Å². The van der Waals surface area contributed by atoms with Gasteiger partial charge in [0, 0.05) is 29.7 Å². The lowest BCUT2D eigenvalue weighted by atomic mass is 10.1. The minimum absolute atomic E-state index is 0.479. The number of rotatable bonds is 5. The van der Waals surface area contributed by atoms with Gasteiger partial charge in [-0.2, -0.15) is 0 Å². The van der Waals surface area contributed by atoms with Gasteiger partial charge in [0.25, 0.3) is 0 Å². The Morgan fingerprint density at radius 2 is 1.52 bits per heavy atom. The highest BCUT2D eigenvalue weighted by Gasteiger charge is 2.10. The molecule has 3 aromatic rings. The standard InChI is InChI=1S/C18H16ClN3O/c1-3-22(2)12-13-4-6-14(7-5-13)17-20-21-18(23-17)15-8-10-16(19)11-9-15/h3-11H,1,12H2,2H3. The highest BCUT2D eigenvalue weighted by molar-refractivity contribution is 6.30. The molecular weight excluding hydrogens is 310 g/mol. The second-order valence-electron chi connectivity index (χ2n) is 5.21. The van der Waals surface area contributed by atoms with Gasteiger partial charge in [0.05, 0.1) is 0 Å². The molecule has 0 bridgehead atoms. The Morgan fingerprint density at radius 3 is 2.04 bits per heavy atom. The van der Waals surface area contributed by atoms with Crippen LogP contribution in [0.15, 0.2) is 65.7 Å². The topological polar surface area (TPSA) is 42.2 Å². The second-order valence-corrected chi connectivity index (χ2v) is 5.65. The molecule has 116 valence electrons. The van der Waals surface area contributed by atoms with Gasteiger partial charge in [-0.3, -0.25) is 0 Å².